The first-order chi connectivity index (χ1) is 10.8. The van der Waals surface area contributed by atoms with Gasteiger partial charge in [-0.3, -0.25) is 4.99 Å². The number of carbonyl (C=O) groups excluding carboxylic acids is 1. The Hall–Kier alpha value is -1.03. The van der Waals surface area contributed by atoms with Crippen molar-refractivity contribution in [2.24, 2.45) is 4.99 Å². The average molecular weight is 513 g/mol. The third kappa shape index (κ3) is 10.7. The second-order valence-corrected chi connectivity index (χ2v) is 6.82. The van der Waals surface area contributed by atoms with Crippen LogP contribution < -0.4 is 16.0 Å². The summed E-state index contributed by atoms with van der Waals surface area (Å²) in [6, 6.07) is 8.07. The molecule has 0 saturated carbocycles. The molecule has 1 amide bonds. The predicted octanol–water partition coefficient (Wildman–Crippen LogP) is 3.26. The number of guanidine groups is 1. The van der Waals surface area contributed by atoms with E-state index in [2.05, 4.69) is 36.9 Å². The van der Waals surface area contributed by atoms with Gasteiger partial charge in [-0.2, -0.15) is 0 Å². The number of halogens is 2. The number of benzene rings is 1. The Labute approximate surface area is 169 Å². The number of aliphatic imine (C=N–C) groups is 1. The van der Waals surface area contributed by atoms with Gasteiger partial charge in [-0.05, 0) is 38.5 Å². The van der Waals surface area contributed by atoms with E-state index in [1.165, 1.54) is 0 Å². The maximum absolute atomic E-state index is 11.5. The molecular formula is C16H26BrIN4O2. The molecule has 0 unspecified atom stereocenters. The van der Waals surface area contributed by atoms with Crippen molar-refractivity contribution >= 4 is 52.0 Å². The maximum Gasteiger partial charge on any atom is 0.407 e. The van der Waals surface area contributed by atoms with Crippen LogP contribution in [0.5, 0.6) is 0 Å². The van der Waals surface area contributed by atoms with Gasteiger partial charge < -0.3 is 20.7 Å². The summed E-state index contributed by atoms with van der Waals surface area (Å²) >= 11 is 3.41. The zero-order valence-electron chi connectivity index (χ0n) is 14.5. The van der Waals surface area contributed by atoms with Crippen molar-refractivity contribution in [1.29, 1.82) is 0 Å². The SMILES string of the molecule is CN=C(NCCNC(=O)OC(C)(C)C)NCc1ccc(Br)cc1.I. The molecular weight excluding hydrogens is 487 g/mol. The minimum absolute atomic E-state index is 0. The van der Waals surface area contributed by atoms with Crippen molar-refractivity contribution in [1.82, 2.24) is 16.0 Å². The van der Waals surface area contributed by atoms with Crippen LogP contribution in [-0.2, 0) is 11.3 Å². The van der Waals surface area contributed by atoms with E-state index < -0.39 is 11.7 Å². The van der Waals surface area contributed by atoms with Crippen LogP contribution in [0, 0.1) is 0 Å². The second kappa shape index (κ2) is 11.5. The highest BCUT2D eigenvalue weighted by Crippen LogP contribution is 2.10. The number of amides is 1. The fourth-order valence-corrected chi connectivity index (χ4v) is 1.93. The molecule has 0 heterocycles. The van der Waals surface area contributed by atoms with Crippen molar-refractivity contribution in [2.45, 2.75) is 32.9 Å². The highest BCUT2D eigenvalue weighted by molar-refractivity contribution is 14.0. The molecule has 0 saturated heterocycles. The summed E-state index contributed by atoms with van der Waals surface area (Å²) in [5.41, 5.74) is 0.669. The first-order valence-electron chi connectivity index (χ1n) is 7.46. The fourth-order valence-electron chi connectivity index (χ4n) is 1.67. The van der Waals surface area contributed by atoms with Gasteiger partial charge in [0.25, 0.3) is 0 Å². The zero-order valence-corrected chi connectivity index (χ0v) is 18.4. The molecule has 0 aliphatic heterocycles. The summed E-state index contributed by atoms with van der Waals surface area (Å²) in [4.78, 5) is 15.6. The van der Waals surface area contributed by atoms with E-state index in [9.17, 15) is 4.79 Å². The molecule has 3 N–H and O–H groups in total. The lowest BCUT2D eigenvalue weighted by Crippen LogP contribution is -2.42. The van der Waals surface area contributed by atoms with Crippen LogP contribution >= 0.6 is 39.9 Å². The molecule has 6 nitrogen and oxygen atoms in total. The van der Waals surface area contributed by atoms with E-state index in [1.54, 1.807) is 7.05 Å². The number of rotatable bonds is 5. The van der Waals surface area contributed by atoms with Crippen LogP contribution in [-0.4, -0.2) is 37.8 Å². The van der Waals surface area contributed by atoms with Crippen LogP contribution in [0.3, 0.4) is 0 Å². The topological polar surface area (TPSA) is 74.8 Å². The summed E-state index contributed by atoms with van der Waals surface area (Å²) in [6.07, 6.45) is -0.419. The normalized spacial score (nSPS) is 11.3. The van der Waals surface area contributed by atoms with Crippen LogP contribution in [0.2, 0.25) is 0 Å². The zero-order chi connectivity index (χ0) is 17.3. The number of nitrogens with zero attached hydrogens (tertiary/aromatic N) is 1. The molecule has 0 bridgehead atoms. The highest BCUT2D eigenvalue weighted by Gasteiger charge is 2.15. The minimum atomic E-state index is -0.486. The molecule has 1 aromatic rings. The minimum Gasteiger partial charge on any atom is -0.444 e. The second-order valence-electron chi connectivity index (χ2n) is 5.91. The lowest BCUT2D eigenvalue weighted by Gasteiger charge is -2.19. The summed E-state index contributed by atoms with van der Waals surface area (Å²) < 4.78 is 6.21. The molecule has 0 atom stereocenters. The summed E-state index contributed by atoms with van der Waals surface area (Å²) in [6.45, 7) is 7.18. The molecule has 8 heteroatoms. The molecule has 1 aromatic carbocycles. The summed E-state index contributed by atoms with van der Waals surface area (Å²) in [5.74, 6) is 0.680. The number of hydrogen-bond donors (Lipinski definition) is 3. The molecule has 1 rings (SSSR count). The number of carbonyl (C=O) groups is 1. The third-order valence-corrected chi connectivity index (χ3v) is 3.21. The Bertz CT molecular complexity index is 530. The predicted molar refractivity (Wildman–Crippen MR) is 112 cm³/mol. The van der Waals surface area contributed by atoms with Gasteiger partial charge in [0.05, 0.1) is 0 Å². The van der Waals surface area contributed by atoms with Crippen LogP contribution in [0.4, 0.5) is 4.79 Å². The highest BCUT2D eigenvalue weighted by atomic mass is 127. The van der Waals surface area contributed by atoms with Gasteiger partial charge in [0, 0.05) is 31.2 Å². The molecule has 0 aromatic heterocycles. The molecule has 0 aliphatic rings. The van der Waals surface area contributed by atoms with Gasteiger partial charge in [-0.25, -0.2) is 4.79 Å². The van der Waals surface area contributed by atoms with E-state index >= 15 is 0 Å². The van der Waals surface area contributed by atoms with Crippen LogP contribution in [0.1, 0.15) is 26.3 Å². The fraction of sp³-hybridized carbons (Fsp3) is 0.500. The number of alkyl carbamates (subject to hydrolysis) is 1. The Kier molecular flexibility index (Phi) is 11.0. The molecule has 0 aliphatic carbocycles. The largest absolute Gasteiger partial charge is 0.444 e. The first-order valence-corrected chi connectivity index (χ1v) is 8.25. The van der Waals surface area contributed by atoms with E-state index in [-0.39, 0.29) is 24.0 Å². The number of ether oxygens (including phenoxy) is 1. The molecule has 24 heavy (non-hydrogen) atoms. The Balaban J connectivity index is 0.00000529. The van der Waals surface area contributed by atoms with E-state index in [0.29, 0.717) is 25.6 Å². The van der Waals surface area contributed by atoms with Crippen molar-refractivity contribution in [2.75, 3.05) is 20.1 Å². The van der Waals surface area contributed by atoms with E-state index in [4.69, 9.17) is 4.74 Å². The van der Waals surface area contributed by atoms with Gasteiger partial charge in [0.15, 0.2) is 5.96 Å². The third-order valence-electron chi connectivity index (χ3n) is 2.68. The van der Waals surface area contributed by atoms with Crippen molar-refractivity contribution < 1.29 is 9.53 Å². The van der Waals surface area contributed by atoms with Gasteiger partial charge in [0.2, 0.25) is 0 Å². The average Bonchev–Trinajstić information content (AvgIpc) is 2.46. The van der Waals surface area contributed by atoms with Crippen molar-refractivity contribution in [3.8, 4) is 0 Å². The quantitative estimate of drug-likeness (QED) is 0.245. The monoisotopic (exact) mass is 512 g/mol. The summed E-state index contributed by atoms with van der Waals surface area (Å²) in [7, 11) is 1.71. The van der Waals surface area contributed by atoms with Gasteiger partial charge in [-0.1, -0.05) is 28.1 Å². The lowest BCUT2D eigenvalue weighted by atomic mass is 10.2. The van der Waals surface area contributed by atoms with Crippen molar-refractivity contribution in [3.63, 3.8) is 0 Å². The Morgan fingerprint density at radius 1 is 1.12 bits per heavy atom. The lowest BCUT2D eigenvalue weighted by molar-refractivity contribution is 0.0529. The van der Waals surface area contributed by atoms with Crippen LogP contribution in [0.25, 0.3) is 0 Å². The molecule has 0 spiro atoms. The standard InChI is InChI=1S/C16H25BrN4O2.HI/c1-16(2,3)23-15(22)20-10-9-19-14(18-4)21-11-12-5-7-13(17)8-6-12;/h5-8H,9-11H2,1-4H3,(H,20,22)(H2,18,19,21);1H. The summed E-state index contributed by atoms with van der Waals surface area (Å²) in [5, 5.41) is 9.03. The van der Waals surface area contributed by atoms with Crippen molar-refractivity contribution in [3.05, 3.63) is 34.3 Å². The van der Waals surface area contributed by atoms with Gasteiger partial charge >= 0.3 is 6.09 Å². The smallest absolute Gasteiger partial charge is 0.407 e. The Morgan fingerprint density at radius 2 is 1.71 bits per heavy atom. The van der Waals surface area contributed by atoms with E-state index in [0.717, 1.165) is 10.0 Å². The first kappa shape index (κ1) is 23.0. The molecule has 0 radical (unpaired) electrons. The Morgan fingerprint density at radius 3 is 2.25 bits per heavy atom. The van der Waals surface area contributed by atoms with Gasteiger partial charge in [-0.15, -0.1) is 24.0 Å². The number of hydrogen-bond acceptors (Lipinski definition) is 3. The van der Waals surface area contributed by atoms with E-state index in [1.807, 2.05) is 45.0 Å². The van der Waals surface area contributed by atoms with Gasteiger partial charge in [0.1, 0.15) is 5.60 Å². The maximum atomic E-state index is 11.5. The number of nitrogens with one attached hydrogen (secondary N) is 3. The molecule has 136 valence electrons. The molecule has 0 fully saturated rings. The van der Waals surface area contributed by atoms with Crippen LogP contribution in [0.15, 0.2) is 33.7 Å².